The average molecular weight is 325 g/mol. The number of rotatable bonds is 5. The van der Waals surface area contributed by atoms with Crippen LogP contribution in [0.3, 0.4) is 0 Å². The zero-order chi connectivity index (χ0) is 15.3. The molecular weight excluding hydrogens is 305 g/mol. The van der Waals surface area contributed by atoms with Crippen LogP contribution in [0.25, 0.3) is 0 Å². The van der Waals surface area contributed by atoms with E-state index in [9.17, 15) is 18.0 Å². The van der Waals surface area contributed by atoms with E-state index in [2.05, 4.69) is 5.32 Å². The van der Waals surface area contributed by atoms with Crippen molar-refractivity contribution in [1.82, 2.24) is 0 Å². The van der Waals surface area contributed by atoms with E-state index in [0.29, 0.717) is 11.3 Å². The van der Waals surface area contributed by atoms with Gasteiger partial charge >= 0.3 is 6.18 Å². The van der Waals surface area contributed by atoms with Crippen LogP contribution < -0.4 is 11.1 Å². The first kappa shape index (κ1) is 19.7. The van der Waals surface area contributed by atoms with E-state index in [-0.39, 0.29) is 36.7 Å². The molecule has 3 nitrogen and oxygen atoms in total. The van der Waals surface area contributed by atoms with E-state index < -0.39 is 12.6 Å². The molecule has 0 aliphatic rings. The number of nitrogens with one attached hydrogen (secondary N) is 1. The van der Waals surface area contributed by atoms with Crippen molar-refractivity contribution in [3.63, 3.8) is 0 Å². The second-order valence-electron chi connectivity index (χ2n) is 4.95. The minimum Gasteiger partial charge on any atom is -0.327 e. The Kier molecular flexibility index (Phi) is 7.74. The molecule has 1 rings (SSSR count). The fourth-order valence-electron chi connectivity index (χ4n) is 1.59. The number of benzene rings is 1. The number of halogens is 4. The third-order valence-electron chi connectivity index (χ3n) is 3.09. The first-order valence-electron chi connectivity index (χ1n) is 6.41. The first-order valence-corrected chi connectivity index (χ1v) is 6.41. The number of nitrogens with two attached hydrogens (primary N) is 1. The minimum atomic E-state index is -4.18. The first-order chi connectivity index (χ1) is 9.19. The largest absolute Gasteiger partial charge is 0.389 e. The van der Waals surface area contributed by atoms with E-state index in [1.54, 1.807) is 38.1 Å². The summed E-state index contributed by atoms with van der Waals surface area (Å²) in [4.78, 5) is 11.8. The van der Waals surface area contributed by atoms with Crippen molar-refractivity contribution in [1.29, 1.82) is 0 Å². The number of hydrogen-bond acceptors (Lipinski definition) is 2. The van der Waals surface area contributed by atoms with Crippen LogP contribution in [-0.2, 0) is 11.2 Å². The van der Waals surface area contributed by atoms with Crippen molar-refractivity contribution < 1.29 is 18.0 Å². The highest BCUT2D eigenvalue weighted by molar-refractivity contribution is 5.92. The SMILES string of the molecule is CC(N)C(C)C(=O)Nc1cccc(CCC(F)(F)F)c1.Cl. The maximum absolute atomic E-state index is 12.2. The quantitative estimate of drug-likeness (QED) is 0.870. The number of amides is 1. The molecule has 0 heterocycles. The molecule has 3 N–H and O–H groups in total. The molecule has 1 aromatic rings. The summed E-state index contributed by atoms with van der Waals surface area (Å²) in [6.45, 7) is 3.43. The van der Waals surface area contributed by atoms with Crippen LogP contribution >= 0.6 is 12.4 Å². The van der Waals surface area contributed by atoms with Gasteiger partial charge in [0.05, 0.1) is 5.92 Å². The van der Waals surface area contributed by atoms with Gasteiger partial charge in [0, 0.05) is 18.2 Å². The van der Waals surface area contributed by atoms with Gasteiger partial charge in [-0.05, 0) is 31.0 Å². The zero-order valence-corrected chi connectivity index (χ0v) is 12.7. The highest BCUT2D eigenvalue weighted by atomic mass is 35.5. The molecule has 7 heteroatoms. The van der Waals surface area contributed by atoms with Gasteiger partial charge in [0.2, 0.25) is 5.91 Å². The van der Waals surface area contributed by atoms with Crippen molar-refractivity contribution in [2.24, 2.45) is 11.7 Å². The maximum atomic E-state index is 12.2. The highest BCUT2D eigenvalue weighted by Gasteiger charge is 2.26. The fraction of sp³-hybridized carbons (Fsp3) is 0.500. The molecule has 2 unspecified atom stereocenters. The number of alkyl halides is 3. The van der Waals surface area contributed by atoms with Crippen LogP contribution in [-0.4, -0.2) is 18.1 Å². The maximum Gasteiger partial charge on any atom is 0.389 e. The summed E-state index contributed by atoms with van der Waals surface area (Å²) in [7, 11) is 0. The number of aryl methyl sites for hydroxylation is 1. The van der Waals surface area contributed by atoms with Crippen LogP contribution in [0, 0.1) is 5.92 Å². The molecule has 0 aliphatic heterocycles. The van der Waals surface area contributed by atoms with E-state index in [1.165, 1.54) is 0 Å². The average Bonchev–Trinajstić information content (AvgIpc) is 2.35. The Morgan fingerprint density at radius 2 is 1.95 bits per heavy atom. The number of carbonyl (C=O) groups excluding carboxylic acids is 1. The lowest BCUT2D eigenvalue weighted by Gasteiger charge is -2.15. The lowest BCUT2D eigenvalue weighted by atomic mass is 10.0. The van der Waals surface area contributed by atoms with Crippen LogP contribution in [0.2, 0.25) is 0 Å². The Hall–Kier alpha value is -1.27. The Morgan fingerprint density at radius 3 is 2.48 bits per heavy atom. The summed E-state index contributed by atoms with van der Waals surface area (Å²) in [5, 5.41) is 2.66. The lowest BCUT2D eigenvalue weighted by molar-refractivity contribution is -0.134. The topological polar surface area (TPSA) is 55.1 Å². The van der Waals surface area contributed by atoms with Crippen LogP contribution in [0.15, 0.2) is 24.3 Å². The monoisotopic (exact) mass is 324 g/mol. The number of anilines is 1. The van der Waals surface area contributed by atoms with Gasteiger partial charge in [0.15, 0.2) is 0 Å². The van der Waals surface area contributed by atoms with Crippen LogP contribution in [0.4, 0.5) is 18.9 Å². The molecule has 0 spiro atoms. The lowest BCUT2D eigenvalue weighted by Crippen LogP contribution is -2.34. The van der Waals surface area contributed by atoms with Crippen molar-refractivity contribution in [2.45, 2.75) is 38.9 Å². The predicted octanol–water partition coefficient (Wildman–Crippen LogP) is 3.53. The molecule has 0 saturated carbocycles. The molecule has 2 atom stereocenters. The Labute approximate surface area is 128 Å². The molecule has 21 heavy (non-hydrogen) atoms. The third-order valence-corrected chi connectivity index (χ3v) is 3.09. The highest BCUT2D eigenvalue weighted by Crippen LogP contribution is 2.23. The summed E-state index contributed by atoms with van der Waals surface area (Å²) >= 11 is 0. The van der Waals surface area contributed by atoms with Crippen molar-refractivity contribution in [3.05, 3.63) is 29.8 Å². The summed E-state index contributed by atoms with van der Waals surface area (Å²) in [6.07, 6.45) is -5.15. The molecule has 0 fully saturated rings. The second-order valence-corrected chi connectivity index (χ2v) is 4.95. The Bertz CT molecular complexity index is 464. The Balaban J connectivity index is 0.00000400. The predicted molar refractivity (Wildman–Crippen MR) is 79.5 cm³/mol. The normalized spacial score (nSPS) is 14.0. The van der Waals surface area contributed by atoms with Gasteiger partial charge in [-0.1, -0.05) is 19.1 Å². The zero-order valence-electron chi connectivity index (χ0n) is 11.9. The Morgan fingerprint density at radius 1 is 1.33 bits per heavy atom. The van der Waals surface area contributed by atoms with E-state index in [4.69, 9.17) is 5.73 Å². The second kappa shape index (κ2) is 8.24. The van der Waals surface area contributed by atoms with E-state index in [0.717, 1.165) is 0 Å². The standard InChI is InChI=1S/C14H19F3N2O.ClH/c1-9(10(2)18)13(20)19-12-5-3-4-11(8-12)6-7-14(15,16)17;/h3-5,8-10H,6-7,18H2,1-2H3,(H,19,20);1H. The van der Waals surface area contributed by atoms with Crippen molar-refractivity contribution in [2.75, 3.05) is 5.32 Å². The smallest absolute Gasteiger partial charge is 0.327 e. The van der Waals surface area contributed by atoms with Gasteiger partial charge in [-0.15, -0.1) is 12.4 Å². The summed E-state index contributed by atoms with van der Waals surface area (Å²) in [5.41, 5.74) is 6.65. The van der Waals surface area contributed by atoms with Crippen molar-refractivity contribution in [3.8, 4) is 0 Å². The molecule has 1 amide bonds. The number of hydrogen-bond donors (Lipinski definition) is 2. The van der Waals surface area contributed by atoms with E-state index >= 15 is 0 Å². The summed E-state index contributed by atoms with van der Waals surface area (Å²) in [5.74, 6) is -0.609. The molecule has 0 bridgehead atoms. The molecule has 0 aliphatic carbocycles. The molecule has 0 saturated heterocycles. The van der Waals surface area contributed by atoms with Gasteiger partial charge in [-0.25, -0.2) is 0 Å². The third kappa shape index (κ3) is 7.34. The molecule has 1 aromatic carbocycles. The van der Waals surface area contributed by atoms with Crippen molar-refractivity contribution >= 4 is 24.0 Å². The number of carbonyl (C=O) groups is 1. The molecule has 0 aromatic heterocycles. The van der Waals surface area contributed by atoms with Gasteiger partial charge in [0.1, 0.15) is 0 Å². The van der Waals surface area contributed by atoms with Gasteiger partial charge < -0.3 is 11.1 Å². The summed E-state index contributed by atoms with van der Waals surface area (Å²) in [6, 6.07) is 6.14. The van der Waals surface area contributed by atoms with Gasteiger partial charge in [-0.3, -0.25) is 4.79 Å². The van der Waals surface area contributed by atoms with Gasteiger partial charge in [-0.2, -0.15) is 13.2 Å². The van der Waals surface area contributed by atoms with Crippen LogP contribution in [0.1, 0.15) is 25.8 Å². The summed E-state index contributed by atoms with van der Waals surface area (Å²) < 4.78 is 36.5. The van der Waals surface area contributed by atoms with Gasteiger partial charge in [0.25, 0.3) is 0 Å². The van der Waals surface area contributed by atoms with Crippen LogP contribution in [0.5, 0.6) is 0 Å². The molecule has 120 valence electrons. The fourth-order valence-corrected chi connectivity index (χ4v) is 1.59. The van der Waals surface area contributed by atoms with E-state index in [1.807, 2.05) is 0 Å². The molecular formula is C14H20ClF3N2O. The molecule has 0 radical (unpaired) electrons. The minimum absolute atomic E-state index is 0.